The van der Waals surface area contributed by atoms with E-state index in [1.54, 1.807) is 38.2 Å². The van der Waals surface area contributed by atoms with E-state index < -0.39 is 6.04 Å². The van der Waals surface area contributed by atoms with Gasteiger partial charge in [0.2, 0.25) is 17.6 Å². The van der Waals surface area contributed by atoms with Crippen LogP contribution in [0.1, 0.15) is 31.7 Å². The van der Waals surface area contributed by atoms with Crippen LogP contribution >= 0.6 is 0 Å². The zero-order valence-electron chi connectivity index (χ0n) is 22.5. The molecule has 0 aromatic heterocycles. The van der Waals surface area contributed by atoms with Crippen molar-refractivity contribution in [3.8, 4) is 28.4 Å². The molecule has 2 amide bonds. The van der Waals surface area contributed by atoms with Crippen LogP contribution in [0.4, 0.5) is 0 Å². The third-order valence-electron chi connectivity index (χ3n) is 6.56. The highest BCUT2D eigenvalue weighted by molar-refractivity contribution is 5.95. The second-order valence-corrected chi connectivity index (χ2v) is 8.98. The number of unbranched alkanes of at least 4 members (excludes halogenated alkanes) is 1. The maximum Gasteiger partial charge on any atom is 0.246 e. The Bertz CT molecular complexity index is 1100. The van der Waals surface area contributed by atoms with Gasteiger partial charge in [0.1, 0.15) is 12.6 Å². The Balaban J connectivity index is 1.70. The Morgan fingerprint density at radius 2 is 1.49 bits per heavy atom. The Morgan fingerprint density at radius 3 is 2.05 bits per heavy atom. The third-order valence-corrected chi connectivity index (χ3v) is 6.56. The minimum Gasteiger partial charge on any atom is -0.493 e. The number of carbonyl (C=O) groups excluding carboxylic acids is 2. The predicted molar refractivity (Wildman–Crippen MR) is 146 cm³/mol. The van der Waals surface area contributed by atoms with Crippen molar-refractivity contribution in [2.24, 2.45) is 0 Å². The zero-order chi connectivity index (χ0) is 26.8. The normalized spacial score (nSPS) is 16.2. The Morgan fingerprint density at radius 1 is 0.865 bits per heavy atom. The largest absolute Gasteiger partial charge is 0.493 e. The number of piperazine rings is 1. The van der Waals surface area contributed by atoms with Gasteiger partial charge in [-0.15, -0.1) is 0 Å². The van der Waals surface area contributed by atoms with Crippen LogP contribution in [0, 0.1) is 0 Å². The number of methoxy groups -OCH3 is 3. The molecule has 2 aromatic rings. The molecule has 1 unspecified atom stereocenters. The van der Waals surface area contributed by atoms with E-state index in [4.69, 9.17) is 14.2 Å². The molecule has 0 saturated carbocycles. The summed E-state index contributed by atoms with van der Waals surface area (Å²) in [5.74, 6) is 1.65. The highest BCUT2D eigenvalue weighted by Crippen LogP contribution is 2.41. The molecule has 7 heteroatoms. The van der Waals surface area contributed by atoms with Gasteiger partial charge in [-0.05, 0) is 48.1 Å². The van der Waals surface area contributed by atoms with Crippen molar-refractivity contribution < 1.29 is 23.8 Å². The van der Waals surface area contributed by atoms with Crippen LogP contribution in [0.2, 0.25) is 0 Å². The summed E-state index contributed by atoms with van der Waals surface area (Å²) in [4.78, 5) is 29.1. The van der Waals surface area contributed by atoms with Crippen molar-refractivity contribution in [2.45, 2.75) is 38.6 Å². The van der Waals surface area contributed by atoms with Crippen LogP contribution < -0.4 is 14.2 Å². The van der Waals surface area contributed by atoms with E-state index >= 15 is 0 Å². The van der Waals surface area contributed by atoms with Gasteiger partial charge in [0.15, 0.2) is 11.5 Å². The van der Waals surface area contributed by atoms with Gasteiger partial charge in [0.05, 0.1) is 21.3 Å². The summed E-state index contributed by atoms with van der Waals surface area (Å²) >= 11 is 0. The lowest BCUT2D eigenvalue weighted by Crippen LogP contribution is -2.59. The number of hydrogen-bond acceptors (Lipinski definition) is 5. The number of rotatable bonds is 12. The van der Waals surface area contributed by atoms with Crippen LogP contribution in [0.5, 0.6) is 17.2 Å². The molecule has 1 aliphatic rings. The van der Waals surface area contributed by atoms with Gasteiger partial charge in [-0.3, -0.25) is 9.59 Å². The summed E-state index contributed by atoms with van der Waals surface area (Å²) in [7, 11) is 6.47. The maximum absolute atomic E-state index is 13.2. The van der Waals surface area contributed by atoms with Crippen LogP contribution in [0.25, 0.3) is 11.1 Å². The van der Waals surface area contributed by atoms with Crippen molar-refractivity contribution in [2.75, 3.05) is 41.5 Å². The molecule has 1 aliphatic heterocycles. The Labute approximate surface area is 220 Å². The van der Waals surface area contributed by atoms with E-state index in [0.29, 0.717) is 30.2 Å². The molecular weight excluding hydrogens is 468 g/mol. The fraction of sp³-hybridized carbons (Fsp3) is 0.400. The number of allylic oxidation sites excluding steroid dienone is 3. The maximum atomic E-state index is 13.2. The molecule has 1 fully saturated rings. The highest BCUT2D eigenvalue weighted by atomic mass is 16.5. The van der Waals surface area contributed by atoms with Crippen molar-refractivity contribution in [1.82, 2.24) is 9.80 Å². The third kappa shape index (κ3) is 6.94. The van der Waals surface area contributed by atoms with Gasteiger partial charge in [0, 0.05) is 20.0 Å². The topological polar surface area (TPSA) is 68.3 Å². The molecular formula is C30H38N2O5. The van der Waals surface area contributed by atoms with Crippen molar-refractivity contribution in [3.05, 3.63) is 66.3 Å². The smallest absolute Gasteiger partial charge is 0.246 e. The van der Waals surface area contributed by atoms with E-state index in [1.165, 1.54) is 0 Å². The second kappa shape index (κ2) is 13.5. The SMILES string of the molecule is CC/C=C\CC/C=C/CN1CC(=O)N(C)C(Cc2ccc(-c3cc(OC)c(OC)c(OC)c3)cc2)C1=O. The number of likely N-dealkylation sites (N-methyl/N-ethyl adjacent to an activating group) is 1. The van der Waals surface area contributed by atoms with Gasteiger partial charge < -0.3 is 24.0 Å². The van der Waals surface area contributed by atoms with Crippen LogP contribution in [0.3, 0.4) is 0 Å². The highest BCUT2D eigenvalue weighted by Gasteiger charge is 2.36. The van der Waals surface area contributed by atoms with Crippen LogP contribution in [-0.2, 0) is 16.0 Å². The summed E-state index contributed by atoms with van der Waals surface area (Å²) in [5.41, 5.74) is 2.88. The summed E-state index contributed by atoms with van der Waals surface area (Å²) < 4.78 is 16.4. The summed E-state index contributed by atoms with van der Waals surface area (Å²) in [6, 6.07) is 11.3. The molecule has 1 saturated heterocycles. The van der Waals surface area contributed by atoms with E-state index in [0.717, 1.165) is 36.0 Å². The first-order chi connectivity index (χ1) is 17.9. The average molecular weight is 507 g/mol. The quantitative estimate of drug-likeness (QED) is 0.303. The van der Waals surface area contributed by atoms with Crippen LogP contribution in [0.15, 0.2) is 60.7 Å². The molecule has 0 aliphatic carbocycles. The van der Waals surface area contributed by atoms with Gasteiger partial charge in [-0.25, -0.2) is 0 Å². The minimum atomic E-state index is -0.519. The number of benzene rings is 2. The molecule has 7 nitrogen and oxygen atoms in total. The fourth-order valence-corrected chi connectivity index (χ4v) is 4.38. The first-order valence-electron chi connectivity index (χ1n) is 12.7. The molecule has 3 rings (SSSR count). The molecule has 1 atom stereocenters. The summed E-state index contributed by atoms with van der Waals surface area (Å²) in [6.45, 7) is 2.68. The molecule has 198 valence electrons. The number of hydrogen-bond donors (Lipinski definition) is 0. The van der Waals surface area contributed by atoms with E-state index in [-0.39, 0.29) is 18.4 Å². The van der Waals surface area contributed by atoms with Crippen molar-refractivity contribution >= 4 is 11.8 Å². The molecule has 0 N–H and O–H groups in total. The number of amides is 2. The van der Waals surface area contributed by atoms with Crippen molar-refractivity contribution in [1.29, 1.82) is 0 Å². The molecule has 37 heavy (non-hydrogen) atoms. The van der Waals surface area contributed by atoms with E-state index in [2.05, 4.69) is 25.2 Å². The minimum absolute atomic E-state index is 0.0219. The Hall–Kier alpha value is -3.74. The average Bonchev–Trinajstić information content (AvgIpc) is 2.92. The second-order valence-electron chi connectivity index (χ2n) is 8.98. The Kier molecular flexibility index (Phi) is 10.2. The van der Waals surface area contributed by atoms with Gasteiger partial charge >= 0.3 is 0 Å². The van der Waals surface area contributed by atoms with E-state index in [9.17, 15) is 9.59 Å². The lowest BCUT2D eigenvalue weighted by atomic mass is 9.98. The monoisotopic (exact) mass is 506 g/mol. The lowest BCUT2D eigenvalue weighted by Gasteiger charge is -2.38. The number of carbonyl (C=O) groups is 2. The summed E-state index contributed by atoms with van der Waals surface area (Å²) in [6.07, 6.45) is 11.8. The standard InChI is InChI=1S/C30H38N2O5/c1-6-7-8-9-10-11-12-17-32-21-28(33)31(2)25(30(32)34)18-22-13-15-23(16-14-22)24-19-26(35-3)29(37-5)27(20-24)36-4/h7-8,11-16,19-20,25H,6,9-10,17-18,21H2,1-5H3/b8-7-,12-11+. The first kappa shape index (κ1) is 27.8. The molecule has 2 aromatic carbocycles. The molecule has 0 spiro atoms. The van der Waals surface area contributed by atoms with Gasteiger partial charge in [-0.1, -0.05) is 55.5 Å². The van der Waals surface area contributed by atoms with Crippen LogP contribution in [-0.4, -0.2) is 69.1 Å². The van der Waals surface area contributed by atoms with Gasteiger partial charge in [0.25, 0.3) is 0 Å². The molecule has 0 radical (unpaired) electrons. The fourth-order valence-electron chi connectivity index (χ4n) is 4.38. The molecule has 0 bridgehead atoms. The van der Waals surface area contributed by atoms with E-state index in [1.807, 2.05) is 42.5 Å². The number of ether oxygens (including phenoxy) is 3. The summed E-state index contributed by atoms with van der Waals surface area (Å²) in [5, 5.41) is 0. The lowest BCUT2D eigenvalue weighted by molar-refractivity contribution is -0.153. The predicted octanol–water partition coefficient (Wildman–Crippen LogP) is 4.89. The first-order valence-corrected chi connectivity index (χ1v) is 12.7. The molecule has 1 heterocycles. The van der Waals surface area contributed by atoms with Gasteiger partial charge in [-0.2, -0.15) is 0 Å². The number of nitrogens with zero attached hydrogens (tertiary/aromatic N) is 2. The van der Waals surface area contributed by atoms with Crippen molar-refractivity contribution in [3.63, 3.8) is 0 Å². The zero-order valence-corrected chi connectivity index (χ0v) is 22.5.